The minimum Gasteiger partial charge on any atom is -0.401 e. The van der Waals surface area contributed by atoms with Crippen molar-refractivity contribution in [1.29, 1.82) is 0 Å². The number of nitro groups is 1. The predicted octanol–water partition coefficient (Wildman–Crippen LogP) is 5.86. The number of halogens is 2. The van der Waals surface area contributed by atoms with Gasteiger partial charge in [0.15, 0.2) is 10.5 Å². The lowest BCUT2D eigenvalue weighted by Gasteiger charge is -2.34. The molecule has 2 amide bonds. The molecule has 0 bridgehead atoms. The zero-order valence-corrected chi connectivity index (χ0v) is 20.3. The summed E-state index contributed by atoms with van der Waals surface area (Å²) in [6.07, 6.45) is 3.37. The minimum atomic E-state index is -0.938. The first-order valence-electron chi connectivity index (χ1n) is 9.21. The van der Waals surface area contributed by atoms with Crippen molar-refractivity contribution in [3.05, 3.63) is 62.3 Å². The van der Waals surface area contributed by atoms with Crippen LogP contribution in [0.15, 0.2) is 45.9 Å². The van der Waals surface area contributed by atoms with Crippen LogP contribution in [0.3, 0.4) is 0 Å². The largest absolute Gasteiger partial charge is 0.433 e. The number of allylic oxidation sites excluding steroid dienone is 1. The maximum Gasteiger partial charge on any atom is 0.433 e. The highest BCUT2D eigenvalue weighted by molar-refractivity contribution is 8.24. The van der Waals surface area contributed by atoms with Gasteiger partial charge in [-0.1, -0.05) is 47.2 Å². The van der Waals surface area contributed by atoms with E-state index < -0.39 is 21.9 Å². The van der Waals surface area contributed by atoms with E-state index in [4.69, 9.17) is 39.8 Å². The number of hydroxylamine groups is 2. The number of furan rings is 1. The molecule has 1 aliphatic heterocycles. The van der Waals surface area contributed by atoms with Crippen LogP contribution in [0.1, 0.15) is 19.6 Å². The van der Waals surface area contributed by atoms with E-state index in [-0.39, 0.29) is 16.7 Å². The summed E-state index contributed by atoms with van der Waals surface area (Å²) in [6.45, 7) is 3.61. The van der Waals surface area contributed by atoms with E-state index in [2.05, 4.69) is 10.4 Å². The van der Waals surface area contributed by atoms with Gasteiger partial charge in [-0.05, 0) is 50.3 Å². The molecule has 0 aliphatic carbocycles. The average Bonchev–Trinajstić information content (AvgIpc) is 3.29. The van der Waals surface area contributed by atoms with Crippen molar-refractivity contribution in [3.63, 3.8) is 0 Å². The Labute approximate surface area is 207 Å². The summed E-state index contributed by atoms with van der Waals surface area (Å²) in [5, 5.41) is 30.6. The monoisotopic (exact) mass is 529 g/mol. The van der Waals surface area contributed by atoms with E-state index in [1.807, 2.05) is 0 Å². The second kappa shape index (κ2) is 10.1. The van der Waals surface area contributed by atoms with Crippen LogP contribution in [-0.2, 0) is 0 Å². The number of amides is 2. The van der Waals surface area contributed by atoms with Gasteiger partial charge < -0.3 is 9.73 Å². The second-order valence-corrected chi connectivity index (χ2v) is 10.3. The van der Waals surface area contributed by atoms with Crippen LogP contribution < -0.4 is 5.32 Å². The molecule has 1 aromatic carbocycles. The predicted molar refractivity (Wildman–Crippen MR) is 132 cm³/mol. The van der Waals surface area contributed by atoms with Crippen LogP contribution in [0, 0.1) is 10.1 Å². The summed E-state index contributed by atoms with van der Waals surface area (Å²) < 4.78 is 4.66. The minimum absolute atomic E-state index is 0.247. The van der Waals surface area contributed by atoms with Crippen molar-refractivity contribution < 1.29 is 19.3 Å². The van der Waals surface area contributed by atoms with Crippen LogP contribution >= 0.6 is 47.2 Å². The summed E-state index contributed by atoms with van der Waals surface area (Å²) in [5.74, 6) is -0.123. The zero-order valence-electron chi connectivity index (χ0n) is 17.1. The number of nitrogens with one attached hydrogen (secondary N) is 1. The topological polar surface area (TPSA) is 124 Å². The molecule has 1 saturated heterocycles. The van der Waals surface area contributed by atoms with Crippen LogP contribution in [0.2, 0.25) is 10.0 Å². The number of hydrogen-bond donors (Lipinski definition) is 2. The maximum absolute atomic E-state index is 12.7. The van der Waals surface area contributed by atoms with Gasteiger partial charge in [0.1, 0.15) is 10.7 Å². The Balaban J connectivity index is 1.74. The molecule has 0 saturated carbocycles. The number of hydrogen-bond acceptors (Lipinski definition) is 8. The molecule has 0 spiro atoms. The molecule has 0 radical (unpaired) electrons. The number of anilines is 1. The van der Waals surface area contributed by atoms with Crippen molar-refractivity contribution in [1.82, 2.24) is 10.1 Å². The second-order valence-electron chi connectivity index (χ2n) is 7.15. The highest BCUT2D eigenvalue weighted by Gasteiger charge is 2.50. The zero-order chi connectivity index (χ0) is 24.3. The maximum atomic E-state index is 12.7. The third-order valence-corrected chi connectivity index (χ3v) is 6.61. The van der Waals surface area contributed by atoms with Gasteiger partial charge in [-0.3, -0.25) is 15.3 Å². The highest BCUT2D eigenvalue weighted by atomic mass is 35.5. The summed E-state index contributed by atoms with van der Waals surface area (Å²) in [7, 11) is 0. The Morgan fingerprint density at radius 1 is 1.39 bits per heavy atom. The SMILES string of the molecule is CC1(C)SC(=S)N(N=CC=Cc2ccc([N+](=O)[O-])o2)C1N(O)C(=O)Nc1ccc(Cl)c(Cl)c1. The Hall–Kier alpha value is -2.64. The van der Waals surface area contributed by atoms with Crippen molar-refractivity contribution in [2.75, 3.05) is 5.32 Å². The van der Waals surface area contributed by atoms with Crippen molar-refractivity contribution in [2.24, 2.45) is 5.10 Å². The Morgan fingerprint density at radius 3 is 2.76 bits per heavy atom. The third-order valence-electron chi connectivity index (χ3n) is 4.33. The number of hydrazone groups is 1. The van der Waals surface area contributed by atoms with E-state index in [0.29, 0.717) is 20.1 Å². The standard InChI is InChI=1S/C19H17Cl2N5O5S2/c1-19(2)16(25(28)17(27)23-11-5-7-13(20)14(21)10-11)24(18(32)33-19)22-9-3-4-12-6-8-15(31-12)26(29)30/h3-10,16,28H,1-2H3,(H,23,27). The van der Waals surface area contributed by atoms with E-state index in [9.17, 15) is 20.1 Å². The molecule has 1 fully saturated rings. The first-order valence-corrected chi connectivity index (χ1v) is 11.2. The summed E-state index contributed by atoms with van der Waals surface area (Å²) in [5.41, 5.74) is 0.338. The number of thiocarbonyl (C=S) groups is 1. The fourth-order valence-electron chi connectivity index (χ4n) is 2.87. The Kier molecular flexibility index (Phi) is 7.65. The summed E-state index contributed by atoms with van der Waals surface area (Å²) >= 11 is 18.5. The number of carbonyl (C=O) groups excluding carboxylic acids is 1. The van der Waals surface area contributed by atoms with Crippen LogP contribution in [0.4, 0.5) is 16.4 Å². The van der Waals surface area contributed by atoms with Gasteiger partial charge in [0.05, 0.1) is 20.9 Å². The first kappa shape index (κ1) is 25.0. The molecule has 1 atom stereocenters. The van der Waals surface area contributed by atoms with Gasteiger partial charge in [-0.15, -0.1) is 0 Å². The number of urea groups is 1. The molecular formula is C19H17Cl2N5O5S2. The molecule has 2 heterocycles. The van der Waals surface area contributed by atoms with E-state index in [1.54, 1.807) is 19.9 Å². The van der Waals surface area contributed by atoms with Crippen LogP contribution in [0.5, 0.6) is 0 Å². The molecule has 2 N–H and O–H groups in total. The Bertz CT molecular complexity index is 1150. The fourth-order valence-corrected chi connectivity index (χ4v) is 4.96. The van der Waals surface area contributed by atoms with Gasteiger partial charge in [0.2, 0.25) is 0 Å². The molecule has 10 nitrogen and oxygen atoms in total. The molecule has 14 heteroatoms. The summed E-state index contributed by atoms with van der Waals surface area (Å²) in [4.78, 5) is 22.7. The van der Waals surface area contributed by atoms with Gasteiger partial charge in [0, 0.05) is 11.9 Å². The van der Waals surface area contributed by atoms with Gasteiger partial charge in [-0.2, -0.15) is 10.2 Å². The van der Waals surface area contributed by atoms with Crippen LogP contribution in [-0.4, -0.2) is 47.7 Å². The molecular weight excluding hydrogens is 513 g/mol. The third kappa shape index (κ3) is 5.84. The normalized spacial score (nSPS) is 17.8. The number of rotatable bonds is 6. The van der Waals surface area contributed by atoms with Crippen LogP contribution in [0.25, 0.3) is 6.08 Å². The number of benzene rings is 1. The van der Waals surface area contributed by atoms with Gasteiger partial charge in [-0.25, -0.2) is 9.80 Å². The van der Waals surface area contributed by atoms with Gasteiger partial charge in [0.25, 0.3) is 0 Å². The number of thioether (sulfide) groups is 1. The lowest BCUT2D eigenvalue weighted by Crippen LogP contribution is -2.54. The molecule has 2 aromatic rings. The lowest BCUT2D eigenvalue weighted by molar-refractivity contribution is -0.402. The summed E-state index contributed by atoms with van der Waals surface area (Å²) in [6, 6.07) is 6.36. The van der Waals surface area contributed by atoms with E-state index in [0.717, 1.165) is 0 Å². The quantitative estimate of drug-likeness (QED) is 0.157. The smallest absolute Gasteiger partial charge is 0.401 e. The molecule has 174 valence electrons. The Morgan fingerprint density at radius 2 is 2.12 bits per heavy atom. The van der Waals surface area contributed by atoms with Crippen molar-refractivity contribution in [2.45, 2.75) is 24.8 Å². The molecule has 1 aromatic heterocycles. The van der Waals surface area contributed by atoms with E-state index in [1.165, 1.54) is 59.4 Å². The van der Waals surface area contributed by atoms with Crippen molar-refractivity contribution in [3.8, 4) is 0 Å². The van der Waals surface area contributed by atoms with Crippen molar-refractivity contribution >= 4 is 81.4 Å². The first-order chi connectivity index (χ1) is 15.5. The highest BCUT2D eigenvalue weighted by Crippen LogP contribution is 2.42. The average molecular weight is 530 g/mol. The lowest BCUT2D eigenvalue weighted by atomic mass is 10.1. The number of nitrogens with zero attached hydrogens (tertiary/aromatic N) is 4. The van der Waals surface area contributed by atoms with Gasteiger partial charge >= 0.3 is 11.9 Å². The number of carbonyl (C=O) groups is 1. The van der Waals surface area contributed by atoms with E-state index >= 15 is 0 Å². The molecule has 1 unspecified atom stereocenters. The molecule has 33 heavy (non-hydrogen) atoms. The molecule has 3 rings (SSSR count). The molecule has 1 aliphatic rings. The fraction of sp³-hybridized carbons (Fsp3) is 0.211.